The standard InChI is InChI=1S/C11H18O2/c12-9-7-5-3-1-2-4-6-8-11-10-13-11/h9-10H,1-8H2. The van der Waals surface area contributed by atoms with E-state index in [0.29, 0.717) is 0 Å². The molecule has 0 aliphatic carbocycles. The molecule has 0 spiro atoms. The van der Waals surface area contributed by atoms with Gasteiger partial charge in [-0.3, -0.25) is 0 Å². The van der Waals surface area contributed by atoms with Crippen LogP contribution in [0.15, 0.2) is 12.0 Å². The second-order valence-corrected chi connectivity index (χ2v) is 3.53. The van der Waals surface area contributed by atoms with Crippen molar-refractivity contribution in [2.45, 2.75) is 51.4 Å². The van der Waals surface area contributed by atoms with Gasteiger partial charge in [-0.25, -0.2) is 0 Å². The number of rotatable bonds is 9. The van der Waals surface area contributed by atoms with Crippen molar-refractivity contribution >= 4 is 6.29 Å². The number of hydrogen-bond donors (Lipinski definition) is 0. The van der Waals surface area contributed by atoms with Gasteiger partial charge >= 0.3 is 0 Å². The molecule has 0 saturated heterocycles. The summed E-state index contributed by atoms with van der Waals surface area (Å²) >= 11 is 0. The van der Waals surface area contributed by atoms with Crippen LogP contribution in [0.5, 0.6) is 0 Å². The highest BCUT2D eigenvalue weighted by atomic mass is 16.5. The Hall–Kier alpha value is -0.790. The van der Waals surface area contributed by atoms with Crippen molar-refractivity contribution in [3.8, 4) is 0 Å². The second-order valence-electron chi connectivity index (χ2n) is 3.53. The lowest BCUT2D eigenvalue weighted by Crippen LogP contribution is -1.81. The Morgan fingerprint density at radius 3 is 2.31 bits per heavy atom. The largest absolute Gasteiger partial charge is 0.463 e. The van der Waals surface area contributed by atoms with E-state index in [2.05, 4.69) is 0 Å². The highest BCUT2D eigenvalue weighted by molar-refractivity contribution is 5.48. The smallest absolute Gasteiger partial charge is 0.138 e. The molecule has 0 aromatic heterocycles. The summed E-state index contributed by atoms with van der Waals surface area (Å²) in [5.41, 5.74) is 0. The first-order chi connectivity index (χ1) is 6.43. The predicted octanol–water partition coefficient (Wildman–Crippen LogP) is 3.18. The maximum Gasteiger partial charge on any atom is 0.138 e. The Bertz CT molecular complexity index is 173. The molecule has 0 amide bonds. The van der Waals surface area contributed by atoms with Gasteiger partial charge in [0.05, 0.1) is 0 Å². The van der Waals surface area contributed by atoms with Gasteiger partial charge in [0, 0.05) is 12.8 Å². The number of carbonyl (C=O) groups excluding carboxylic acids is 1. The zero-order chi connectivity index (χ0) is 9.36. The molecule has 13 heavy (non-hydrogen) atoms. The van der Waals surface area contributed by atoms with E-state index in [4.69, 9.17) is 4.74 Å². The highest BCUT2D eigenvalue weighted by Gasteiger charge is 2.07. The van der Waals surface area contributed by atoms with Crippen molar-refractivity contribution in [2.24, 2.45) is 0 Å². The van der Waals surface area contributed by atoms with E-state index in [1.54, 1.807) is 0 Å². The maximum absolute atomic E-state index is 10.0. The van der Waals surface area contributed by atoms with Gasteiger partial charge < -0.3 is 9.53 Å². The molecule has 0 fully saturated rings. The Kier molecular flexibility index (Phi) is 5.30. The van der Waals surface area contributed by atoms with Crippen molar-refractivity contribution < 1.29 is 9.53 Å². The fourth-order valence-electron chi connectivity index (χ4n) is 1.39. The minimum absolute atomic E-state index is 0.737. The van der Waals surface area contributed by atoms with E-state index in [-0.39, 0.29) is 0 Å². The summed E-state index contributed by atoms with van der Waals surface area (Å²) in [5, 5.41) is 0. The summed E-state index contributed by atoms with van der Waals surface area (Å²) < 4.78 is 4.92. The number of hydrogen-bond acceptors (Lipinski definition) is 2. The second kappa shape index (κ2) is 6.70. The Morgan fingerprint density at radius 1 is 1.08 bits per heavy atom. The van der Waals surface area contributed by atoms with Crippen molar-refractivity contribution in [1.82, 2.24) is 0 Å². The molecule has 74 valence electrons. The van der Waals surface area contributed by atoms with E-state index in [1.807, 2.05) is 6.26 Å². The van der Waals surface area contributed by atoms with Crippen LogP contribution in [0.4, 0.5) is 0 Å². The van der Waals surface area contributed by atoms with Gasteiger partial charge in [-0.2, -0.15) is 0 Å². The Balaban J connectivity index is 1.68. The zero-order valence-corrected chi connectivity index (χ0v) is 8.13. The number of aldehydes is 1. The van der Waals surface area contributed by atoms with Gasteiger partial charge in [0.25, 0.3) is 0 Å². The average Bonchev–Trinajstić information content (AvgIpc) is 2.93. The maximum atomic E-state index is 10.0. The van der Waals surface area contributed by atoms with Crippen LogP contribution in [0, 0.1) is 0 Å². The van der Waals surface area contributed by atoms with Crippen molar-refractivity contribution in [3.05, 3.63) is 12.0 Å². The van der Waals surface area contributed by atoms with Crippen LogP contribution in [0.25, 0.3) is 0 Å². The third-order valence-corrected chi connectivity index (χ3v) is 2.28. The van der Waals surface area contributed by atoms with Gasteiger partial charge in [0.2, 0.25) is 0 Å². The van der Waals surface area contributed by atoms with E-state index >= 15 is 0 Å². The molecular weight excluding hydrogens is 164 g/mol. The normalized spacial score (nSPS) is 13.4. The quantitative estimate of drug-likeness (QED) is 0.405. The SMILES string of the molecule is O=CCCCCCCCCC1=CO1. The molecule has 0 unspecified atom stereocenters. The Labute approximate surface area is 80.0 Å². The Morgan fingerprint density at radius 2 is 1.69 bits per heavy atom. The fourth-order valence-corrected chi connectivity index (χ4v) is 1.39. The molecule has 1 heterocycles. The lowest BCUT2D eigenvalue weighted by molar-refractivity contribution is -0.107. The summed E-state index contributed by atoms with van der Waals surface area (Å²) in [6.45, 7) is 0. The third-order valence-electron chi connectivity index (χ3n) is 2.28. The lowest BCUT2D eigenvalue weighted by Gasteiger charge is -1.98. The number of ether oxygens (including phenoxy) is 1. The van der Waals surface area contributed by atoms with Crippen molar-refractivity contribution in [3.63, 3.8) is 0 Å². The van der Waals surface area contributed by atoms with E-state index in [9.17, 15) is 4.79 Å². The van der Waals surface area contributed by atoms with Crippen LogP contribution in [-0.4, -0.2) is 6.29 Å². The molecule has 1 rings (SSSR count). The molecule has 0 saturated carbocycles. The molecule has 1 aliphatic rings. The molecule has 0 atom stereocenters. The third kappa shape index (κ3) is 6.38. The predicted molar refractivity (Wildman–Crippen MR) is 52.2 cm³/mol. The summed E-state index contributed by atoms with van der Waals surface area (Å²) in [6.07, 6.45) is 12.1. The van der Waals surface area contributed by atoms with Gasteiger partial charge in [-0.05, 0) is 12.8 Å². The summed E-state index contributed by atoms with van der Waals surface area (Å²) in [6, 6.07) is 0. The van der Waals surface area contributed by atoms with E-state index in [1.165, 1.54) is 37.9 Å². The minimum Gasteiger partial charge on any atom is -0.463 e. The number of allylic oxidation sites excluding steroid dienone is 1. The number of carbonyl (C=O) groups is 1. The van der Waals surface area contributed by atoms with Crippen LogP contribution in [0.3, 0.4) is 0 Å². The van der Waals surface area contributed by atoms with Gasteiger partial charge in [-0.15, -0.1) is 0 Å². The fraction of sp³-hybridized carbons (Fsp3) is 0.727. The molecule has 2 nitrogen and oxygen atoms in total. The van der Waals surface area contributed by atoms with Crippen LogP contribution < -0.4 is 0 Å². The molecule has 0 N–H and O–H groups in total. The molecular formula is C11H18O2. The molecule has 0 aromatic carbocycles. The summed E-state index contributed by atoms with van der Waals surface area (Å²) in [5.74, 6) is 1.17. The van der Waals surface area contributed by atoms with E-state index < -0.39 is 0 Å². The van der Waals surface area contributed by atoms with E-state index in [0.717, 1.165) is 25.5 Å². The summed E-state index contributed by atoms with van der Waals surface area (Å²) in [4.78, 5) is 10.0. The molecule has 2 heteroatoms. The van der Waals surface area contributed by atoms with Gasteiger partial charge in [0.1, 0.15) is 18.3 Å². The first kappa shape index (κ1) is 10.3. The average molecular weight is 182 g/mol. The molecule has 0 bridgehead atoms. The molecule has 0 radical (unpaired) electrons. The van der Waals surface area contributed by atoms with Crippen LogP contribution in [0.2, 0.25) is 0 Å². The topological polar surface area (TPSA) is 29.6 Å². The monoisotopic (exact) mass is 182 g/mol. The van der Waals surface area contributed by atoms with Crippen LogP contribution >= 0.6 is 0 Å². The molecule has 0 aromatic rings. The van der Waals surface area contributed by atoms with Crippen LogP contribution in [-0.2, 0) is 9.53 Å². The first-order valence-corrected chi connectivity index (χ1v) is 5.23. The van der Waals surface area contributed by atoms with Gasteiger partial charge in [-0.1, -0.05) is 25.7 Å². The number of unbranched alkanes of at least 4 members (excludes halogenated alkanes) is 6. The first-order valence-electron chi connectivity index (χ1n) is 5.23. The van der Waals surface area contributed by atoms with Crippen molar-refractivity contribution in [2.75, 3.05) is 0 Å². The minimum atomic E-state index is 0.737. The molecule has 1 aliphatic heterocycles. The highest BCUT2D eigenvalue weighted by Crippen LogP contribution is 2.21. The van der Waals surface area contributed by atoms with Gasteiger partial charge in [0.15, 0.2) is 0 Å². The lowest BCUT2D eigenvalue weighted by atomic mass is 10.1. The van der Waals surface area contributed by atoms with Crippen molar-refractivity contribution in [1.29, 1.82) is 0 Å². The summed E-state index contributed by atoms with van der Waals surface area (Å²) in [7, 11) is 0. The zero-order valence-electron chi connectivity index (χ0n) is 8.13. The van der Waals surface area contributed by atoms with Crippen LogP contribution in [0.1, 0.15) is 51.4 Å².